The van der Waals surface area contributed by atoms with E-state index in [0.717, 1.165) is 5.39 Å². The summed E-state index contributed by atoms with van der Waals surface area (Å²) >= 11 is 0. The van der Waals surface area contributed by atoms with Crippen molar-refractivity contribution < 1.29 is 18.0 Å². The van der Waals surface area contributed by atoms with Crippen molar-refractivity contribution in [2.75, 3.05) is 10.6 Å². The molecule has 12 heteroatoms. The van der Waals surface area contributed by atoms with Crippen molar-refractivity contribution in [2.45, 2.75) is 12.7 Å². The molecule has 154 valence electrons. The van der Waals surface area contributed by atoms with E-state index in [1.807, 2.05) is 5.32 Å². The molecule has 0 aliphatic carbocycles. The first-order valence-corrected chi connectivity index (χ1v) is 8.70. The lowest BCUT2D eigenvalue weighted by molar-refractivity contribution is 0.0646. The lowest BCUT2D eigenvalue weighted by Gasteiger charge is -2.09. The largest absolute Gasteiger partial charge is 0.353 e. The van der Waals surface area contributed by atoms with Crippen LogP contribution in [-0.2, 0) is 7.05 Å². The summed E-state index contributed by atoms with van der Waals surface area (Å²) in [7, 11) is 1.71. The molecule has 4 heterocycles. The SMILES string of the molecule is Cn1cc(C(=O)Nc2cc3[nH]c(-c4ccnc(NC(F)C(F)F)n4)cc3cn2)cn1. The predicted molar refractivity (Wildman–Crippen MR) is 103 cm³/mol. The van der Waals surface area contributed by atoms with E-state index >= 15 is 0 Å². The van der Waals surface area contributed by atoms with E-state index in [4.69, 9.17) is 0 Å². The minimum Gasteiger partial charge on any atom is -0.353 e. The Hall–Kier alpha value is -3.96. The fourth-order valence-electron chi connectivity index (χ4n) is 2.72. The summed E-state index contributed by atoms with van der Waals surface area (Å²) in [5.74, 6) is -0.290. The number of anilines is 2. The van der Waals surface area contributed by atoms with Gasteiger partial charge in [-0.3, -0.25) is 9.48 Å². The van der Waals surface area contributed by atoms with Crippen LogP contribution >= 0.6 is 0 Å². The number of H-pyrrole nitrogens is 1. The molecule has 0 radical (unpaired) electrons. The Morgan fingerprint density at radius 2 is 2.03 bits per heavy atom. The molecular weight excluding hydrogens is 401 g/mol. The maximum absolute atomic E-state index is 13.2. The first-order valence-electron chi connectivity index (χ1n) is 8.70. The van der Waals surface area contributed by atoms with Crippen molar-refractivity contribution in [1.82, 2.24) is 29.7 Å². The number of aromatic nitrogens is 6. The fraction of sp³-hybridized carbons (Fsp3) is 0.167. The lowest BCUT2D eigenvalue weighted by atomic mass is 10.2. The summed E-state index contributed by atoms with van der Waals surface area (Å²) in [6, 6.07) is 4.92. The topological polar surface area (TPSA) is 113 Å². The van der Waals surface area contributed by atoms with Gasteiger partial charge >= 0.3 is 0 Å². The molecule has 0 bridgehead atoms. The summed E-state index contributed by atoms with van der Waals surface area (Å²) in [6.07, 6.45) is 0.138. The Morgan fingerprint density at radius 3 is 2.77 bits per heavy atom. The quantitative estimate of drug-likeness (QED) is 0.417. The second-order valence-electron chi connectivity index (χ2n) is 6.34. The molecule has 3 N–H and O–H groups in total. The highest BCUT2D eigenvalue weighted by atomic mass is 19.3. The Balaban J connectivity index is 1.56. The molecule has 1 amide bonds. The number of carbonyl (C=O) groups is 1. The normalized spacial score (nSPS) is 12.3. The third-order valence-corrected chi connectivity index (χ3v) is 4.13. The number of carbonyl (C=O) groups excluding carboxylic acids is 1. The number of pyridine rings is 1. The van der Waals surface area contributed by atoms with E-state index in [0.29, 0.717) is 28.3 Å². The minimum atomic E-state index is -3.20. The number of alkyl halides is 3. The zero-order chi connectivity index (χ0) is 21.3. The zero-order valence-corrected chi connectivity index (χ0v) is 15.5. The van der Waals surface area contributed by atoms with Crippen LogP contribution in [0.1, 0.15) is 10.4 Å². The van der Waals surface area contributed by atoms with E-state index in [2.05, 4.69) is 30.4 Å². The van der Waals surface area contributed by atoms with Gasteiger partial charge in [-0.15, -0.1) is 0 Å². The molecule has 0 saturated heterocycles. The molecule has 0 saturated carbocycles. The van der Waals surface area contributed by atoms with Gasteiger partial charge in [-0.05, 0) is 12.1 Å². The molecule has 1 atom stereocenters. The lowest BCUT2D eigenvalue weighted by Crippen LogP contribution is -2.23. The average Bonchev–Trinajstić information content (AvgIpc) is 3.34. The molecule has 9 nitrogen and oxygen atoms in total. The van der Waals surface area contributed by atoms with Crippen molar-refractivity contribution in [3.63, 3.8) is 0 Å². The predicted octanol–water partition coefficient (Wildman–Crippen LogP) is 2.98. The van der Waals surface area contributed by atoms with E-state index in [1.54, 1.807) is 37.6 Å². The maximum atomic E-state index is 13.2. The first-order chi connectivity index (χ1) is 14.4. The number of hydrogen-bond acceptors (Lipinski definition) is 6. The highest BCUT2D eigenvalue weighted by Crippen LogP contribution is 2.24. The van der Waals surface area contributed by atoms with Gasteiger partial charge < -0.3 is 15.6 Å². The van der Waals surface area contributed by atoms with Gasteiger partial charge in [0.25, 0.3) is 12.3 Å². The number of aromatic amines is 1. The summed E-state index contributed by atoms with van der Waals surface area (Å²) < 4.78 is 39.5. The van der Waals surface area contributed by atoms with E-state index in [1.165, 1.54) is 17.1 Å². The molecule has 0 aliphatic heterocycles. The second-order valence-corrected chi connectivity index (χ2v) is 6.34. The van der Waals surface area contributed by atoms with Gasteiger partial charge in [0.15, 0.2) is 0 Å². The summed E-state index contributed by atoms with van der Waals surface area (Å²) in [5, 5.41) is 9.27. The number of hydrogen-bond donors (Lipinski definition) is 3. The molecular formula is C18H15F3N8O. The number of amides is 1. The summed E-state index contributed by atoms with van der Waals surface area (Å²) in [6.45, 7) is 0. The monoisotopic (exact) mass is 416 g/mol. The summed E-state index contributed by atoms with van der Waals surface area (Å²) in [5.41, 5.74) is 1.96. The van der Waals surface area contributed by atoms with Crippen LogP contribution < -0.4 is 10.6 Å². The smallest absolute Gasteiger partial charge is 0.287 e. The van der Waals surface area contributed by atoms with Crippen LogP contribution in [0.4, 0.5) is 24.9 Å². The van der Waals surface area contributed by atoms with E-state index in [-0.39, 0.29) is 11.9 Å². The molecule has 0 fully saturated rings. The Labute approximate surface area is 167 Å². The molecule has 0 aromatic carbocycles. The molecule has 4 aromatic heterocycles. The third kappa shape index (κ3) is 4.06. The van der Waals surface area contributed by atoms with E-state index in [9.17, 15) is 18.0 Å². The summed E-state index contributed by atoms with van der Waals surface area (Å²) in [4.78, 5) is 27.3. The Morgan fingerprint density at radius 1 is 1.20 bits per heavy atom. The molecule has 4 aromatic rings. The Bertz CT molecular complexity index is 1210. The number of aryl methyl sites for hydroxylation is 1. The Kier molecular flexibility index (Phi) is 5.04. The molecule has 0 aliphatic rings. The first kappa shape index (κ1) is 19.4. The van der Waals surface area contributed by atoms with Crippen molar-refractivity contribution in [2.24, 2.45) is 7.05 Å². The van der Waals surface area contributed by atoms with Crippen molar-refractivity contribution >= 4 is 28.6 Å². The fourth-order valence-corrected chi connectivity index (χ4v) is 2.72. The van der Waals surface area contributed by atoms with Crippen molar-refractivity contribution in [3.05, 3.63) is 48.5 Å². The van der Waals surface area contributed by atoms with Crippen LogP contribution in [0.2, 0.25) is 0 Å². The van der Waals surface area contributed by atoms with Crippen molar-refractivity contribution in [1.29, 1.82) is 0 Å². The number of fused-ring (bicyclic) bond motifs is 1. The number of nitrogens with one attached hydrogen (secondary N) is 3. The number of halogens is 3. The average molecular weight is 416 g/mol. The van der Waals surface area contributed by atoms with Gasteiger partial charge in [0, 0.05) is 37.1 Å². The van der Waals surface area contributed by atoms with Gasteiger partial charge in [-0.2, -0.15) is 5.10 Å². The number of rotatable bonds is 6. The van der Waals surface area contributed by atoms with Gasteiger partial charge in [-0.25, -0.2) is 28.1 Å². The molecule has 0 spiro atoms. The highest BCUT2D eigenvalue weighted by Gasteiger charge is 2.20. The molecule has 1 unspecified atom stereocenters. The van der Waals surface area contributed by atoms with Crippen LogP contribution in [0.15, 0.2) is 43.0 Å². The van der Waals surface area contributed by atoms with Gasteiger partial charge in [-0.1, -0.05) is 0 Å². The molecule has 4 rings (SSSR count). The van der Waals surface area contributed by atoms with Crippen LogP contribution in [-0.4, -0.2) is 48.3 Å². The zero-order valence-electron chi connectivity index (χ0n) is 15.5. The highest BCUT2D eigenvalue weighted by molar-refractivity contribution is 6.04. The number of nitrogens with zero attached hydrogens (tertiary/aromatic N) is 5. The third-order valence-electron chi connectivity index (χ3n) is 4.13. The van der Waals surface area contributed by atoms with Gasteiger partial charge in [0.05, 0.1) is 28.7 Å². The van der Waals surface area contributed by atoms with Gasteiger partial charge in [0.1, 0.15) is 5.82 Å². The van der Waals surface area contributed by atoms with Crippen LogP contribution in [0.25, 0.3) is 22.3 Å². The van der Waals surface area contributed by atoms with Crippen molar-refractivity contribution in [3.8, 4) is 11.4 Å². The second kappa shape index (κ2) is 7.81. The molecule has 30 heavy (non-hydrogen) atoms. The minimum absolute atomic E-state index is 0.262. The standard InChI is InChI=1S/C18H15F3N8O/c1-29-8-10(7-24-29)17(30)27-14-5-12-9(6-23-14)4-13(25-12)11-2-3-22-18(26-11)28-16(21)15(19)20/h2-8,15-16,25H,1H3,(H,22,26,28)(H,23,27,30). The van der Waals surface area contributed by atoms with Crippen LogP contribution in [0.3, 0.4) is 0 Å². The van der Waals surface area contributed by atoms with Crippen LogP contribution in [0.5, 0.6) is 0 Å². The maximum Gasteiger partial charge on any atom is 0.287 e. The van der Waals surface area contributed by atoms with E-state index < -0.39 is 12.7 Å². The van der Waals surface area contributed by atoms with Crippen LogP contribution in [0, 0.1) is 0 Å². The van der Waals surface area contributed by atoms with Gasteiger partial charge in [0.2, 0.25) is 12.2 Å².